The molecule has 8 heteroatoms. The molecule has 90 valence electrons. The molecule has 15 heavy (non-hydrogen) atoms. The third-order valence-electron chi connectivity index (χ3n) is 1.61. The van der Waals surface area contributed by atoms with Crippen molar-refractivity contribution in [1.82, 2.24) is 5.32 Å². The molecule has 1 amide bonds. The van der Waals surface area contributed by atoms with Crippen molar-refractivity contribution in [1.29, 1.82) is 0 Å². The second-order valence-electron chi connectivity index (χ2n) is 2.74. The van der Waals surface area contributed by atoms with E-state index in [0.717, 1.165) is 7.11 Å². The highest BCUT2D eigenvalue weighted by molar-refractivity contribution is 5.81. The van der Waals surface area contributed by atoms with Crippen LogP contribution in [0.5, 0.6) is 0 Å². The van der Waals surface area contributed by atoms with Gasteiger partial charge in [0.25, 0.3) is 5.91 Å². The van der Waals surface area contributed by atoms with Gasteiger partial charge in [-0.1, -0.05) is 0 Å². The van der Waals surface area contributed by atoms with Crippen molar-refractivity contribution in [3.63, 3.8) is 0 Å². The van der Waals surface area contributed by atoms with Gasteiger partial charge in [0.05, 0.1) is 6.54 Å². The van der Waals surface area contributed by atoms with E-state index in [1.165, 1.54) is 0 Å². The number of halogens is 4. The molecule has 0 spiro atoms. The van der Waals surface area contributed by atoms with Gasteiger partial charge in [-0.2, -0.15) is 8.78 Å². The van der Waals surface area contributed by atoms with Crippen LogP contribution in [0, 0.1) is 0 Å². The van der Waals surface area contributed by atoms with Crippen molar-refractivity contribution in [2.45, 2.75) is 18.5 Å². The smallest absolute Gasteiger partial charge is 0.324 e. The standard InChI is InChI=1S/C7H12F4N2O2/c1-15-4(2-12)5(14)13-3-7(10,11)6(8)9/h4,6H,2-3,12H2,1H3,(H,13,14). The van der Waals surface area contributed by atoms with Crippen LogP contribution in [0.25, 0.3) is 0 Å². The van der Waals surface area contributed by atoms with Crippen LogP contribution < -0.4 is 11.1 Å². The first-order chi connectivity index (χ1) is 6.85. The Hall–Kier alpha value is -0.890. The van der Waals surface area contributed by atoms with Crippen LogP contribution in [0.3, 0.4) is 0 Å². The van der Waals surface area contributed by atoms with E-state index in [1.54, 1.807) is 5.32 Å². The molecule has 1 atom stereocenters. The minimum Gasteiger partial charge on any atom is -0.370 e. The zero-order chi connectivity index (χ0) is 12.1. The summed E-state index contributed by atoms with van der Waals surface area (Å²) in [6.07, 6.45) is -4.94. The Kier molecular flexibility index (Phi) is 5.51. The Morgan fingerprint density at radius 1 is 1.53 bits per heavy atom. The quantitative estimate of drug-likeness (QED) is 0.632. The molecule has 0 aliphatic rings. The highest BCUT2D eigenvalue weighted by atomic mass is 19.3. The van der Waals surface area contributed by atoms with Gasteiger partial charge in [-0.25, -0.2) is 8.78 Å². The number of ether oxygens (including phenoxy) is 1. The summed E-state index contributed by atoms with van der Waals surface area (Å²) in [7, 11) is 1.16. The molecule has 0 fully saturated rings. The van der Waals surface area contributed by atoms with Gasteiger partial charge in [-0.3, -0.25) is 4.79 Å². The molecule has 0 aromatic rings. The first kappa shape index (κ1) is 14.1. The van der Waals surface area contributed by atoms with Gasteiger partial charge < -0.3 is 15.8 Å². The normalized spacial score (nSPS) is 14.1. The van der Waals surface area contributed by atoms with Gasteiger partial charge >= 0.3 is 12.3 Å². The largest absolute Gasteiger partial charge is 0.370 e. The van der Waals surface area contributed by atoms with Crippen LogP contribution in [0.1, 0.15) is 0 Å². The van der Waals surface area contributed by atoms with Crippen molar-refractivity contribution in [2.75, 3.05) is 20.2 Å². The number of amides is 1. The lowest BCUT2D eigenvalue weighted by Gasteiger charge is -2.18. The second kappa shape index (κ2) is 5.86. The number of nitrogens with one attached hydrogen (secondary N) is 1. The maximum absolute atomic E-state index is 12.3. The molecule has 0 aliphatic heterocycles. The summed E-state index contributed by atoms with van der Waals surface area (Å²) in [6, 6.07) is 0. The van der Waals surface area contributed by atoms with E-state index in [1.807, 2.05) is 0 Å². The molecule has 0 saturated heterocycles. The van der Waals surface area contributed by atoms with Gasteiger partial charge in [-0.05, 0) is 0 Å². The molecule has 3 N–H and O–H groups in total. The Morgan fingerprint density at radius 3 is 2.40 bits per heavy atom. The summed E-state index contributed by atoms with van der Waals surface area (Å²) >= 11 is 0. The molecule has 0 rings (SSSR count). The average molecular weight is 232 g/mol. The fourth-order valence-corrected chi connectivity index (χ4v) is 0.706. The number of hydrogen-bond acceptors (Lipinski definition) is 3. The molecule has 0 bridgehead atoms. The first-order valence-corrected chi connectivity index (χ1v) is 4.01. The predicted octanol–water partition coefficient (Wildman–Crippen LogP) is -0.0233. The van der Waals surface area contributed by atoms with Crippen LogP contribution in [-0.2, 0) is 9.53 Å². The van der Waals surface area contributed by atoms with Crippen LogP contribution in [0.15, 0.2) is 0 Å². The van der Waals surface area contributed by atoms with Gasteiger partial charge in [-0.15, -0.1) is 0 Å². The Labute approximate surface area is 83.8 Å². The molecule has 0 heterocycles. The van der Waals surface area contributed by atoms with Crippen molar-refractivity contribution >= 4 is 5.91 Å². The zero-order valence-electron chi connectivity index (χ0n) is 7.97. The molecule has 0 aromatic carbocycles. The number of nitrogens with two attached hydrogens (primary N) is 1. The molecule has 0 saturated carbocycles. The van der Waals surface area contributed by atoms with Crippen LogP contribution in [-0.4, -0.2) is 44.6 Å². The van der Waals surface area contributed by atoms with Crippen LogP contribution in [0.4, 0.5) is 17.6 Å². The third kappa shape index (κ3) is 4.43. The van der Waals surface area contributed by atoms with Gasteiger partial charge in [0.15, 0.2) is 0 Å². The summed E-state index contributed by atoms with van der Waals surface area (Å²) in [5.41, 5.74) is 5.06. The summed E-state index contributed by atoms with van der Waals surface area (Å²) in [5, 5.41) is 1.63. The molecule has 0 aromatic heterocycles. The van der Waals surface area contributed by atoms with E-state index in [9.17, 15) is 22.4 Å². The van der Waals surface area contributed by atoms with Gasteiger partial charge in [0.2, 0.25) is 0 Å². The summed E-state index contributed by atoms with van der Waals surface area (Å²) < 4.78 is 52.5. The molecular formula is C7H12F4N2O2. The fraction of sp³-hybridized carbons (Fsp3) is 0.857. The highest BCUT2D eigenvalue weighted by Crippen LogP contribution is 2.21. The molecule has 4 nitrogen and oxygen atoms in total. The Bertz CT molecular complexity index is 209. The lowest BCUT2D eigenvalue weighted by atomic mass is 10.3. The fourth-order valence-electron chi connectivity index (χ4n) is 0.706. The van der Waals surface area contributed by atoms with Crippen molar-refractivity contribution < 1.29 is 27.1 Å². The number of carbonyl (C=O) groups excluding carboxylic acids is 1. The minimum atomic E-state index is -4.25. The lowest BCUT2D eigenvalue weighted by molar-refractivity contribution is -0.142. The van der Waals surface area contributed by atoms with E-state index in [0.29, 0.717) is 0 Å². The summed E-state index contributed by atoms with van der Waals surface area (Å²) in [5.74, 6) is -5.19. The SMILES string of the molecule is COC(CN)C(=O)NCC(F)(F)C(F)F. The molecule has 0 aliphatic carbocycles. The van der Waals surface area contributed by atoms with Gasteiger partial charge in [0.1, 0.15) is 6.10 Å². The second-order valence-corrected chi connectivity index (χ2v) is 2.74. The van der Waals surface area contributed by atoms with Crippen molar-refractivity contribution in [3.8, 4) is 0 Å². The molecular weight excluding hydrogens is 220 g/mol. The predicted molar refractivity (Wildman–Crippen MR) is 43.8 cm³/mol. The number of methoxy groups -OCH3 is 1. The van der Waals surface area contributed by atoms with E-state index in [-0.39, 0.29) is 6.54 Å². The number of hydrogen-bond donors (Lipinski definition) is 2. The maximum atomic E-state index is 12.3. The third-order valence-corrected chi connectivity index (χ3v) is 1.61. The summed E-state index contributed by atoms with van der Waals surface area (Å²) in [4.78, 5) is 11.0. The van der Waals surface area contributed by atoms with E-state index in [4.69, 9.17) is 5.73 Å². The average Bonchev–Trinajstić information content (AvgIpc) is 2.16. The van der Waals surface area contributed by atoms with Crippen LogP contribution >= 0.6 is 0 Å². The number of carbonyl (C=O) groups is 1. The first-order valence-electron chi connectivity index (χ1n) is 4.01. The number of alkyl halides is 4. The molecule has 0 radical (unpaired) electrons. The summed E-state index contributed by atoms with van der Waals surface area (Å²) in [6.45, 7) is -1.66. The molecule has 1 unspecified atom stereocenters. The van der Waals surface area contributed by atoms with Crippen LogP contribution in [0.2, 0.25) is 0 Å². The Balaban J connectivity index is 4.10. The van der Waals surface area contributed by atoms with Crippen molar-refractivity contribution in [2.24, 2.45) is 5.73 Å². The maximum Gasteiger partial charge on any atom is 0.324 e. The van der Waals surface area contributed by atoms with E-state index < -0.39 is 30.9 Å². The highest BCUT2D eigenvalue weighted by Gasteiger charge is 2.41. The Morgan fingerprint density at radius 2 is 2.07 bits per heavy atom. The lowest BCUT2D eigenvalue weighted by Crippen LogP contribution is -2.47. The monoisotopic (exact) mass is 232 g/mol. The minimum absolute atomic E-state index is 0.220. The van der Waals surface area contributed by atoms with E-state index >= 15 is 0 Å². The number of rotatable bonds is 6. The topological polar surface area (TPSA) is 64.3 Å². The van der Waals surface area contributed by atoms with E-state index in [2.05, 4.69) is 4.74 Å². The zero-order valence-corrected chi connectivity index (χ0v) is 7.97. The van der Waals surface area contributed by atoms with Gasteiger partial charge in [0, 0.05) is 13.7 Å². The van der Waals surface area contributed by atoms with Crippen molar-refractivity contribution in [3.05, 3.63) is 0 Å².